The summed E-state index contributed by atoms with van der Waals surface area (Å²) in [7, 11) is 0. The summed E-state index contributed by atoms with van der Waals surface area (Å²) in [6, 6.07) is -0.582. The van der Waals surface area contributed by atoms with E-state index in [2.05, 4.69) is 4.90 Å². The quantitative estimate of drug-likeness (QED) is 0.779. The number of carbonyl (C=O) groups is 2. The molecule has 5 heteroatoms. The number of hydrogen-bond donors (Lipinski definition) is 1. The lowest BCUT2D eigenvalue weighted by Gasteiger charge is -2.23. The Labute approximate surface area is 101 Å². The van der Waals surface area contributed by atoms with Crippen molar-refractivity contribution < 1.29 is 14.7 Å². The van der Waals surface area contributed by atoms with Crippen molar-refractivity contribution in [3.05, 3.63) is 0 Å². The lowest BCUT2D eigenvalue weighted by atomic mass is 10.2. The van der Waals surface area contributed by atoms with Crippen LogP contribution in [-0.4, -0.2) is 59.0 Å². The minimum Gasteiger partial charge on any atom is -0.480 e. The summed E-state index contributed by atoms with van der Waals surface area (Å²) in [4.78, 5) is 26.7. The Kier molecular flexibility index (Phi) is 3.99. The molecule has 0 spiro atoms. The highest BCUT2D eigenvalue weighted by atomic mass is 16.4. The minimum atomic E-state index is -0.864. The molecule has 0 radical (unpaired) electrons. The van der Waals surface area contributed by atoms with Crippen LogP contribution in [0.1, 0.15) is 32.1 Å². The van der Waals surface area contributed by atoms with Crippen LogP contribution >= 0.6 is 0 Å². The van der Waals surface area contributed by atoms with Gasteiger partial charge in [0.05, 0.1) is 0 Å². The highest BCUT2D eigenvalue weighted by Gasteiger charge is 2.33. The topological polar surface area (TPSA) is 60.9 Å². The van der Waals surface area contributed by atoms with E-state index in [1.165, 1.54) is 12.8 Å². The van der Waals surface area contributed by atoms with Gasteiger partial charge in [0.25, 0.3) is 0 Å². The molecule has 0 aromatic heterocycles. The third-order valence-corrected chi connectivity index (χ3v) is 3.70. The Bertz CT molecular complexity index is 300. The van der Waals surface area contributed by atoms with E-state index in [1.54, 1.807) is 4.90 Å². The average molecular weight is 240 g/mol. The van der Waals surface area contributed by atoms with E-state index in [9.17, 15) is 9.59 Å². The van der Waals surface area contributed by atoms with Crippen LogP contribution in [0.15, 0.2) is 0 Å². The van der Waals surface area contributed by atoms with Crippen LogP contribution in [0, 0.1) is 0 Å². The van der Waals surface area contributed by atoms with Gasteiger partial charge in [-0.15, -0.1) is 0 Å². The number of nitrogens with zero attached hydrogens (tertiary/aromatic N) is 2. The van der Waals surface area contributed by atoms with Crippen molar-refractivity contribution in [1.82, 2.24) is 9.80 Å². The smallest absolute Gasteiger partial charge is 0.326 e. The normalized spacial score (nSPS) is 25.4. The van der Waals surface area contributed by atoms with E-state index in [0.717, 1.165) is 26.1 Å². The van der Waals surface area contributed by atoms with Crippen LogP contribution in [0.25, 0.3) is 0 Å². The van der Waals surface area contributed by atoms with E-state index in [4.69, 9.17) is 5.11 Å². The van der Waals surface area contributed by atoms with Gasteiger partial charge in [0.15, 0.2) is 0 Å². The summed E-state index contributed by atoms with van der Waals surface area (Å²) >= 11 is 0. The molecule has 0 saturated carbocycles. The van der Waals surface area contributed by atoms with Gasteiger partial charge in [-0.2, -0.15) is 0 Å². The maximum absolute atomic E-state index is 12.0. The SMILES string of the molecule is O=C(O)C1CCCN1C(=O)CCN1CCCC1. The second kappa shape index (κ2) is 5.49. The molecule has 2 heterocycles. The molecule has 1 amide bonds. The number of likely N-dealkylation sites (tertiary alicyclic amines) is 2. The van der Waals surface area contributed by atoms with Gasteiger partial charge in [-0.3, -0.25) is 4.79 Å². The van der Waals surface area contributed by atoms with Crippen LogP contribution in [0.4, 0.5) is 0 Å². The predicted molar refractivity (Wildman–Crippen MR) is 62.7 cm³/mol. The lowest BCUT2D eigenvalue weighted by Crippen LogP contribution is -2.41. The molecule has 2 saturated heterocycles. The highest BCUT2D eigenvalue weighted by molar-refractivity contribution is 5.84. The van der Waals surface area contributed by atoms with Crippen LogP contribution in [0.2, 0.25) is 0 Å². The molecule has 1 unspecified atom stereocenters. The Morgan fingerprint density at radius 1 is 1.12 bits per heavy atom. The first-order valence-corrected chi connectivity index (χ1v) is 6.43. The first-order valence-electron chi connectivity index (χ1n) is 6.43. The standard InChI is InChI=1S/C12H20N2O3/c15-11(5-9-13-6-1-2-7-13)14-8-3-4-10(14)12(16)17/h10H,1-9H2,(H,16,17). The number of rotatable bonds is 4. The number of carboxylic acids is 1. The summed E-state index contributed by atoms with van der Waals surface area (Å²) < 4.78 is 0. The van der Waals surface area contributed by atoms with Gasteiger partial charge in [0.1, 0.15) is 6.04 Å². The number of carbonyl (C=O) groups excluding carboxylic acids is 1. The summed E-state index contributed by atoms with van der Waals surface area (Å²) in [5.74, 6) is -0.862. The average Bonchev–Trinajstić information content (AvgIpc) is 2.96. The molecule has 2 aliphatic heterocycles. The molecule has 96 valence electrons. The molecule has 1 atom stereocenters. The van der Waals surface area contributed by atoms with E-state index in [-0.39, 0.29) is 5.91 Å². The Morgan fingerprint density at radius 3 is 2.47 bits per heavy atom. The first-order chi connectivity index (χ1) is 8.18. The second-order valence-electron chi connectivity index (χ2n) is 4.88. The second-order valence-corrected chi connectivity index (χ2v) is 4.88. The largest absolute Gasteiger partial charge is 0.480 e. The van der Waals surface area contributed by atoms with Crippen molar-refractivity contribution in [1.29, 1.82) is 0 Å². The summed E-state index contributed by atoms with van der Waals surface area (Å²) in [5, 5.41) is 9.01. The Balaban J connectivity index is 1.80. The zero-order valence-corrected chi connectivity index (χ0v) is 10.1. The van der Waals surface area contributed by atoms with Gasteiger partial charge in [0.2, 0.25) is 5.91 Å². The fraction of sp³-hybridized carbons (Fsp3) is 0.833. The molecule has 0 bridgehead atoms. The molecule has 2 fully saturated rings. The first kappa shape index (κ1) is 12.4. The van der Waals surface area contributed by atoms with E-state index < -0.39 is 12.0 Å². The van der Waals surface area contributed by atoms with Gasteiger partial charge in [-0.05, 0) is 38.8 Å². The van der Waals surface area contributed by atoms with Crippen LogP contribution in [0.3, 0.4) is 0 Å². The van der Waals surface area contributed by atoms with Crippen LogP contribution in [-0.2, 0) is 9.59 Å². The van der Waals surface area contributed by atoms with Crippen molar-refractivity contribution in [2.24, 2.45) is 0 Å². The zero-order valence-electron chi connectivity index (χ0n) is 10.1. The molecule has 0 aromatic rings. The van der Waals surface area contributed by atoms with Crippen molar-refractivity contribution >= 4 is 11.9 Å². The highest BCUT2D eigenvalue weighted by Crippen LogP contribution is 2.18. The molecule has 2 rings (SSSR count). The van der Waals surface area contributed by atoms with Crippen molar-refractivity contribution in [2.45, 2.75) is 38.1 Å². The van der Waals surface area contributed by atoms with Gasteiger partial charge in [0, 0.05) is 19.5 Å². The Hall–Kier alpha value is -1.10. The molecule has 0 aliphatic carbocycles. The van der Waals surface area contributed by atoms with Crippen LogP contribution in [0.5, 0.6) is 0 Å². The van der Waals surface area contributed by atoms with Gasteiger partial charge < -0.3 is 14.9 Å². The van der Waals surface area contributed by atoms with Gasteiger partial charge in [-0.25, -0.2) is 4.79 Å². The van der Waals surface area contributed by atoms with Gasteiger partial charge >= 0.3 is 5.97 Å². The van der Waals surface area contributed by atoms with Crippen molar-refractivity contribution in [2.75, 3.05) is 26.2 Å². The maximum Gasteiger partial charge on any atom is 0.326 e. The molecule has 5 nitrogen and oxygen atoms in total. The maximum atomic E-state index is 12.0. The third kappa shape index (κ3) is 2.97. The fourth-order valence-electron chi connectivity index (χ4n) is 2.73. The predicted octanol–water partition coefficient (Wildman–Crippen LogP) is 0.548. The summed E-state index contributed by atoms with van der Waals surface area (Å²) in [6.45, 7) is 3.54. The molecule has 0 aromatic carbocycles. The Morgan fingerprint density at radius 2 is 1.82 bits per heavy atom. The number of amides is 1. The lowest BCUT2D eigenvalue weighted by molar-refractivity contribution is -0.148. The van der Waals surface area contributed by atoms with E-state index in [0.29, 0.717) is 19.4 Å². The summed E-state index contributed by atoms with van der Waals surface area (Å²) in [6.07, 6.45) is 4.31. The van der Waals surface area contributed by atoms with Crippen molar-refractivity contribution in [3.63, 3.8) is 0 Å². The number of aliphatic carboxylic acids is 1. The van der Waals surface area contributed by atoms with E-state index in [1.807, 2.05) is 0 Å². The number of carboxylic acid groups (broad SMARTS) is 1. The zero-order chi connectivity index (χ0) is 12.3. The molecular weight excluding hydrogens is 220 g/mol. The molecule has 2 aliphatic rings. The van der Waals surface area contributed by atoms with Gasteiger partial charge in [-0.1, -0.05) is 0 Å². The van der Waals surface area contributed by atoms with Crippen molar-refractivity contribution in [3.8, 4) is 0 Å². The molecule has 17 heavy (non-hydrogen) atoms. The molecular formula is C12H20N2O3. The fourth-order valence-corrected chi connectivity index (χ4v) is 2.73. The molecule has 1 N–H and O–H groups in total. The summed E-state index contributed by atoms with van der Waals surface area (Å²) in [5.41, 5.74) is 0. The van der Waals surface area contributed by atoms with Crippen LogP contribution < -0.4 is 0 Å². The third-order valence-electron chi connectivity index (χ3n) is 3.70. The number of hydrogen-bond acceptors (Lipinski definition) is 3. The van der Waals surface area contributed by atoms with E-state index >= 15 is 0 Å². The minimum absolute atomic E-state index is 0.00167. The monoisotopic (exact) mass is 240 g/mol.